The van der Waals surface area contributed by atoms with Gasteiger partial charge in [-0.25, -0.2) is 0 Å². The van der Waals surface area contributed by atoms with E-state index in [1.807, 2.05) is 54.6 Å². The van der Waals surface area contributed by atoms with E-state index >= 15 is 0 Å². The van der Waals surface area contributed by atoms with Crippen molar-refractivity contribution >= 4 is 5.78 Å². The number of nitriles is 1. The first-order valence-electron chi connectivity index (χ1n) is 9.15. The molecular weight excluding hydrogens is 352 g/mol. The largest absolute Gasteiger partial charge is 0.497 e. The topological polar surface area (TPSA) is 85.3 Å². The fraction of sp³-hybridized carbons (Fsp3) is 0.217. The minimum atomic E-state index is -0.510. The summed E-state index contributed by atoms with van der Waals surface area (Å²) in [5.74, 6) is 0.881. The first kappa shape index (κ1) is 17.9. The average Bonchev–Trinajstić information content (AvgIpc) is 2.73. The van der Waals surface area contributed by atoms with Crippen LogP contribution in [0.3, 0.4) is 0 Å². The van der Waals surface area contributed by atoms with Crippen LogP contribution < -0.4 is 10.5 Å². The third kappa shape index (κ3) is 3.03. The summed E-state index contributed by atoms with van der Waals surface area (Å²) in [7, 11) is 1.59. The van der Waals surface area contributed by atoms with Gasteiger partial charge in [-0.1, -0.05) is 42.5 Å². The number of ketones is 1. The molecule has 0 fully saturated rings. The maximum absolute atomic E-state index is 13.2. The van der Waals surface area contributed by atoms with Crippen LogP contribution in [-0.2, 0) is 9.53 Å². The van der Waals surface area contributed by atoms with Gasteiger partial charge < -0.3 is 15.2 Å². The van der Waals surface area contributed by atoms with Crippen LogP contribution in [0.15, 0.2) is 77.4 Å². The Morgan fingerprint density at radius 2 is 1.79 bits per heavy atom. The first-order chi connectivity index (χ1) is 13.6. The van der Waals surface area contributed by atoms with E-state index in [0.29, 0.717) is 29.9 Å². The lowest BCUT2D eigenvalue weighted by Gasteiger charge is -2.34. The highest BCUT2D eigenvalue weighted by atomic mass is 16.5. The molecule has 2 aliphatic rings. The fourth-order valence-corrected chi connectivity index (χ4v) is 4.00. The Kier molecular flexibility index (Phi) is 4.62. The smallest absolute Gasteiger partial charge is 0.205 e. The average molecular weight is 372 g/mol. The van der Waals surface area contributed by atoms with E-state index in [9.17, 15) is 10.1 Å². The number of allylic oxidation sites excluding steroid dienone is 3. The zero-order chi connectivity index (χ0) is 19.7. The number of methoxy groups -OCH3 is 1. The molecule has 5 nitrogen and oxygen atoms in total. The van der Waals surface area contributed by atoms with Crippen molar-refractivity contribution < 1.29 is 14.3 Å². The molecule has 2 aromatic carbocycles. The molecule has 2 atom stereocenters. The monoisotopic (exact) mass is 372 g/mol. The van der Waals surface area contributed by atoms with E-state index in [-0.39, 0.29) is 23.2 Å². The van der Waals surface area contributed by atoms with E-state index in [4.69, 9.17) is 15.2 Å². The molecule has 1 aliphatic carbocycles. The molecule has 0 bridgehead atoms. The normalized spacial score (nSPS) is 21.6. The minimum Gasteiger partial charge on any atom is -0.497 e. The van der Waals surface area contributed by atoms with Gasteiger partial charge in [0.15, 0.2) is 5.78 Å². The maximum atomic E-state index is 13.2. The van der Waals surface area contributed by atoms with Gasteiger partial charge >= 0.3 is 0 Å². The van der Waals surface area contributed by atoms with E-state index in [0.717, 1.165) is 11.1 Å². The summed E-state index contributed by atoms with van der Waals surface area (Å²) in [6.07, 6.45) is 0.967. The summed E-state index contributed by atoms with van der Waals surface area (Å²) in [4.78, 5) is 13.2. The number of nitrogens with zero attached hydrogens (tertiary/aromatic N) is 1. The van der Waals surface area contributed by atoms with Crippen molar-refractivity contribution in [2.24, 2.45) is 5.73 Å². The Balaban J connectivity index is 1.77. The summed E-state index contributed by atoms with van der Waals surface area (Å²) in [6.45, 7) is 0. The molecule has 0 amide bonds. The number of benzene rings is 2. The molecule has 0 spiro atoms. The minimum absolute atomic E-state index is 0.00355. The molecule has 28 heavy (non-hydrogen) atoms. The molecule has 5 heteroatoms. The van der Waals surface area contributed by atoms with Crippen LogP contribution in [0, 0.1) is 11.3 Å². The standard InChI is InChI=1S/C23H20N2O3/c1-27-17-9-7-15(8-10-17)21-18(13-24)23(25)28-20-12-16(11-19(26)22(20)21)14-5-3-2-4-6-14/h2-10,16,21H,11-12,25H2,1H3/t16-,21+/m0/s1. The van der Waals surface area contributed by atoms with Crippen molar-refractivity contribution in [2.75, 3.05) is 7.11 Å². The Labute approximate surface area is 163 Å². The number of carbonyl (C=O) groups excluding carboxylic acids is 1. The van der Waals surface area contributed by atoms with Gasteiger partial charge in [-0.15, -0.1) is 0 Å². The molecule has 4 rings (SSSR count). The second-order valence-electron chi connectivity index (χ2n) is 6.97. The van der Waals surface area contributed by atoms with Crippen LogP contribution in [-0.4, -0.2) is 12.9 Å². The molecule has 140 valence electrons. The van der Waals surface area contributed by atoms with Gasteiger partial charge in [-0.2, -0.15) is 5.26 Å². The lowest BCUT2D eigenvalue weighted by molar-refractivity contribution is -0.117. The highest BCUT2D eigenvalue weighted by molar-refractivity contribution is 6.00. The third-order valence-corrected chi connectivity index (χ3v) is 5.38. The zero-order valence-electron chi connectivity index (χ0n) is 15.5. The predicted octanol–water partition coefficient (Wildman–Crippen LogP) is 3.90. The third-order valence-electron chi connectivity index (χ3n) is 5.38. The SMILES string of the molecule is COc1ccc([C@@H]2C(C#N)=C(N)OC3=C2C(=O)C[C@H](c2ccccc2)C3)cc1. The summed E-state index contributed by atoms with van der Waals surface area (Å²) in [5.41, 5.74) is 8.81. The highest BCUT2D eigenvalue weighted by Gasteiger charge is 2.40. The van der Waals surface area contributed by atoms with Gasteiger partial charge in [0.2, 0.25) is 5.88 Å². The Bertz CT molecular complexity index is 1010. The molecule has 1 aliphatic heterocycles. The number of Topliss-reactive ketones (excluding diaryl/α,β-unsaturated/α-hetero) is 1. The molecule has 0 radical (unpaired) electrons. The van der Waals surface area contributed by atoms with Crippen molar-refractivity contribution in [1.82, 2.24) is 0 Å². The van der Waals surface area contributed by atoms with Crippen molar-refractivity contribution in [2.45, 2.75) is 24.7 Å². The number of ether oxygens (including phenoxy) is 2. The first-order valence-corrected chi connectivity index (χ1v) is 9.15. The quantitative estimate of drug-likeness (QED) is 0.883. The second kappa shape index (κ2) is 7.24. The molecule has 2 aromatic rings. The van der Waals surface area contributed by atoms with Crippen LogP contribution in [0.2, 0.25) is 0 Å². The van der Waals surface area contributed by atoms with Crippen molar-refractivity contribution in [1.29, 1.82) is 5.26 Å². The molecule has 0 saturated carbocycles. The van der Waals surface area contributed by atoms with Crippen LogP contribution in [0.1, 0.15) is 35.8 Å². The molecule has 0 saturated heterocycles. The highest BCUT2D eigenvalue weighted by Crippen LogP contribution is 2.46. The van der Waals surface area contributed by atoms with E-state index in [1.165, 1.54) is 0 Å². The fourth-order valence-electron chi connectivity index (χ4n) is 4.00. The number of carbonyl (C=O) groups is 1. The molecule has 0 aromatic heterocycles. The second-order valence-corrected chi connectivity index (χ2v) is 6.97. The predicted molar refractivity (Wildman–Crippen MR) is 104 cm³/mol. The van der Waals surface area contributed by atoms with Crippen LogP contribution in [0.5, 0.6) is 5.75 Å². The van der Waals surface area contributed by atoms with Gasteiger partial charge in [0, 0.05) is 18.4 Å². The summed E-state index contributed by atoms with van der Waals surface area (Å²) in [6, 6.07) is 19.4. The van der Waals surface area contributed by atoms with Crippen molar-refractivity contribution in [3.8, 4) is 11.8 Å². The van der Waals surface area contributed by atoms with Crippen molar-refractivity contribution in [3.05, 3.63) is 88.5 Å². The van der Waals surface area contributed by atoms with Gasteiger partial charge in [0.1, 0.15) is 23.2 Å². The summed E-state index contributed by atoms with van der Waals surface area (Å²) in [5, 5.41) is 9.67. The molecule has 2 N–H and O–H groups in total. The lowest BCUT2D eigenvalue weighted by atomic mass is 9.73. The Hall–Kier alpha value is -3.52. The Morgan fingerprint density at radius 3 is 2.43 bits per heavy atom. The molecule has 0 unspecified atom stereocenters. The van der Waals surface area contributed by atoms with Crippen molar-refractivity contribution in [3.63, 3.8) is 0 Å². The molecular formula is C23H20N2O3. The number of hydrogen-bond donors (Lipinski definition) is 1. The van der Waals surface area contributed by atoms with Gasteiger partial charge in [0.05, 0.1) is 13.0 Å². The van der Waals surface area contributed by atoms with E-state index in [1.54, 1.807) is 7.11 Å². The van der Waals surface area contributed by atoms with E-state index in [2.05, 4.69) is 6.07 Å². The van der Waals surface area contributed by atoms with E-state index < -0.39 is 5.92 Å². The number of rotatable bonds is 3. The van der Waals surface area contributed by atoms with Crippen LogP contribution in [0.25, 0.3) is 0 Å². The lowest BCUT2D eigenvalue weighted by Crippen LogP contribution is -2.29. The van der Waals surface area contributed by atoms with Crippen LogP contribution >= 0.6 is 0 Å². The Morgan fingerprint density at radius 1 is 1.07 bits per heavy atom. The van der Waals surface area contributed by atoms with Crippen LogP contribution in [0.4, 0.5) is 0 Å². The zero-order valence-corrected chi connectivity index (χ0v) is 15.5. The summed E-state index contributed by atoms with van der Waals surface area (Å²) < 4.78 is 11.0. The number of nitrogens with two attached hydrogens (primary N) is 1. The van der Waals surface area contributed by atoms with Gasteiger partial charge in [0.25, 0.3) is 0 Å². The van der Waals surface area contributed by atoms with Gasteiger partial charge in [-0.05, 0) is 29.2 Å². The van der Waals surface area contributed by atoms with Gasteiger partial charge in [-0.3, -0.25) is 4.79 Å². The maximum Gasteiger partial charge on any atom is 0.205 e. The summed E-state index contributed by atoms with van der Waals surface area (Å²) >= 11 is 0. The number of hydrogen-bond acceptors (Lipinski definition) is 5. The molecule has 1 heterocycles.